The number of carbonyl (C=O) groups is 1. The molecule has 1 atom stereocenters. The van der Waals surface area contributed by atoms with Gasteiger partial charge in [0.2, 0.25) is 0 Å². The van der Waals surface area contributed by atoms with Crippen LogP contribution in [0.4, 0.5) is 0 Å². The summed E-state index contributed by atoms with van der Waals surface area (Å²) in [6.07, 6.45) is 1.67. The molecule has 4 heteroatoms. The van der Waals surface area contributed by atoms with Crippen LogP contribution >= 0.6 is 0 Å². The molecule has 0 spiro atoms. The third-order valence-corrected chi connectivity index (χ3v) is 3.56. The molecule has 0 saturated carbocycles. The van der Waals surface area contributed by atoms with E-state index >= 15 is 0 Å². The Kier molecular flexibility index (Phi) is 3.37. The van der Waals surface area contributed by atoms with Crippen molar-refractivity contribution in [1.29, 1.82) is 0 Å². The number of nitrogens with zero attached hydrogens (tertiary/aromatic N) is 1. The quantitative estimate of drug-likeness (QED) is 0.918. The van der Waals surface area contributed by atoms with Crippen molar-refractivity contribution in [3.63, 3.8) is 0 Å². The van der Waals surface area contributed by atoms with Gasteiger partial charge in [-0.1, -0.05) is 18.2 Å². The van der Waals surface area contributed by atoms with Crippen molar-refractivity contribution in [3.8, 4) is 0 Å². The number of furan rings is 1. The van der Waals surface area contributed by atoms with E-state index in [0.717, 1.165) is 16.5 Å². The smallest absolute Gasteiger partial charge is 0.311 e. The average Bonchev–Trinajstić information content (AvgIpc) is 2.72. The van der Waals surface area contributed by atoms with Gasteiger partial charge in [0.15, 0.2) is 0 Å². The van der Waals surface area contributed by atoms with Crippen molar-refractivity contribution in [3.05, 3.63) is 36.1 Å². The lowest BCUT2D eigenvalue weighted by molar-refractivity contribution is -0.150. The molecule has 0 aliphatic heterocycles. The molecule has 1 aromatic carbocycles. The standard InChI is InChI=1S/C15H19NO3/c1-15(2,14(17)18)13(16(3)4)11-9-19-12-8-6-5-7-10(11)12/h5-9,13H,1-4H3,(H,17,18). The Morgan fingerprint density at radius 3 is 2.53 bits per heavy atom. The van der Waals surface area contributed by atoms with E-state index in [1.807, 2.05) is 43.3 Å². The molecule has 0 fully saturated rings. The highest BCUT2D eigenvalue weighted by atomic mass is 16.4. The van der Waals surface area contributed by atoms with Gasteiger partial charge in [-0.25, -0.2) is 0 Å². The van der Waals surface area contributed by atoms with Crippen LogP contribution in [0, 0.1) is 5.41 Å². The van der Waals surface area contributed by atoms with Gasteiger partial charge in [0.05, 0.1) is 17.7 Å². The van der Waals surface area contributed by atoms with Crippen LogP contribution in [0.3, 0.4) is 0 Å². The SMILES string of the molecule is CN(C)C(c1coc2ccccc12)C(C)(C)C(=O)O. The molecule has 0 aliphatic carbocycles. The Morgan fingerprint density at radius 2 is 1.95 bits per heavy atom. The summed E-state index contributed by atoms with van der Waals surface area (Å²) in [4.78, 5) is 13.5. The number of fused-ring (bicyclic) bond motifs is 1. The maximum Gasteiger partial charge on any atom is 0.311 e. The molecule has 2 aromatic rings. The van der Waals surface area contributed by atoms with Gasteiger partial charge < -0.3 is 14.4 Å². The molecule has 1 aromatic heterocycles. The van der Waals surface area contributed by atoms with Crippen LogP contribution < -0.4 is 0 Å². The van der Waals surface area contributed by atoms with Crippen molar-refractivity contribution < 1.29 is 14.3 Å². The zero-order valence-corrected chi connectivity index (χ0v) is 11.7. The van der Waals surface area contributed by atoms with Crippen LogP contribution in [-0.4, -0.2) is 30.1 Å². The van der Waals surface area contributed by atoms with Gasteiger partial charge in [0.25, 0.3) is 0 Å². The zero-order valence-electron chi connectivity index (χ0n) is 11.7. The second kappa shape index (κ2) is 4.70. The fourth-order valence-electron chi connectivity index (χ4n) is 2.64. The Balaban J connectivity index is 2.60. The second-order valence-corrected chi connectivity index (χ2v) is 5.58. The summed E-state index contributed by atoms with van der Waals surface area (Å²) in [5.74, 6) is -0.823. The van der Waals surface area contributed by atoms with Crippen molar-refractivity contribution in [1.82, 2.24) is 4.90 Å². The number of carboxylic acids is 1. The van der Waals surface area contributed by atoms with Gasteiger partial charge in [0.1, 0.15) is 5.58 Å². The molecule has 2 rings (SSSR count). The molecule has 1 N–H and O–H groups in total. The molecule has 0 aliphatic rings. The number of carboxylic acid groups (broad SMARTS) is 1. The summed E-state index contributed by atoms with van der Waals surface area (Å²) in [5, 5.41) is 10.4. The maximum absolute atomic E-state index is 11.5. The fourth-order valence-corrected chi connectivity index (χ4v) is 2.64. The average molecular weight is 261 g/mol. The highest BCUT2D eigenvalue weighted by Gasteiger charge is 2.40. The van der Waals surface area contributed by atoms with E-state index < -0.39 is 11.4 Å². The van der Waals surface area contributed by atoms with Gasteiger partial charge in [-0.2, -0.15) is 0 Å². The topological polar surface area (TPSA) is 53.7 Å². The Morgan fingerprint density at radius 1 is 1.32 bits per heavy atom. The highest BCUT2D eigenvalue weighted by Crippen LogP contribution is 2.40. The fraction of sp³-hybridized carbons (Fsp3) is 0.400. The van der Waals surface area contributed by atoms with Crippen molar-refractivity contribution in [2.24, 2.45) is 5.41 Å². The molecule has 19 heavy (non-hydrogen) atoms. The van der Waals surface area contributed by atoms with Gasteiger partial charge >= 0.3 is 5.97 Å². The van der Waals surface area contributed by atoms with Gasteiger partial charge in [0, 0.05) is 10.9 Å². The third kappa shape index (κ3) is 2.24. The molecule has 0 saturated heterocycles. The van der Waals surface area contributed by atoms with Gasteiger partial charge in [-0.3, -0.25) is 4.79 Å². The predicted octanol–water partition coefficient (Wildman–Crippen LogP) is 3.15. The van der Waals surface area contributed by atoms with E-state index in [1.165, 1.54) is 0 Å². The first kappa shape index (κ1) is 13.6. The van der Waals surface area contributed by atoms with Crippen molar-refractivity contribution in [2.75, 3.05) is 14.1 Å². The van der Waals surface area contributed by atoms with Crippen LogP contribution in [0.15, 0.2) is 34.9 Å². The minimum absolute atomic E-state index is 0.256. The zero-order chi connectivity index (χ0) is 14.2. The molecule has 1 heterocycles. The third-order valence-electron chi connectivity index (χ3n) is 3.56. The minimum atomic E-state index is -0.907. The van der Waals surface area contributed by atoms with Crippen LogP contribution in [0.25, 0.3) is 11.0 Å². The lowest BCUT2D eigenvalue weighted by atomic mass is 9.79. The first-order valence-corrected chi connectivity index (χ1v) is 6.21. The van der Waals surface area contributed by atoms with E-state index in [2.05, 4.69) is 0 Å². The molecular formula is C15H19NO3. The van der Waals surface area contributed by atoms with Gasteiger partial charge in [-0.15, -0.1) is 0 Å². The summed E-state index contributed by atoms with van der Waals surface area (Å²) in [6, 6.07) is 7.43. The lowest BCUT2D eigenvalue weighted by Crippen LogP contribution is -2.39. The number of hydrogen-bond acceptors (Lipinski definition) is 3. The number of benzene rings is 1. The number of hydrogen-bond donors (Lipinski definition) is 1. The maximum atomic E-state index is 11.5. The minimum Gasteiger partial charge on any atom is -0.481 e. The van der Waals surface area contributed by atoms with E-state index in [1.54, 1.807) is 20.1 Å². The molecule has 102 valence electrons. The first-order valence-electron chi connectivity index (χ1n) is 6.21. The highest BCUT2D eigenvalue weighted by molar-refractivity contribution is 5.83. The van der Waals surface area contributed by atoms with E-state index in [9.17, 15) is 9.90 Å². The monoisotopic (exact) mass is 261 g/mol. The van der Waals surface area contributed by atoms with Crippen LogP contribution in [0.5, 0.6) is 0 Å². The van der Waals surface area contributed by atoms with Crippen LogP contribution in [-0.2, 0) is 4.79 Å². The predicted molar refractivity (Wildman–Crippen MR) is 74.1 cm³/mol. The van der Waals surface area contributed by atoms with Crippen LogP contribution in [0.1, 0.15) is 25.5 Å². The van der Waals surface area contributed by atoms with Crippen molar-refractivity contribution >= 4 is 16.9 Å². The van der Waals surface area contributed by atoms with Crippen LogP contribution in [0.2, 0.25) is 0 Å². The summed E-state index contributed by atoms with van der Waals surface area (Å²) < 4.78 is 5.54. The van der Waals surface area contributed by atoms with E-state index in [4.69, 9.17) is 4.42 Å². The van der Waals surface area contributed by atoms with E-state index in [-0.39, 0.29) is 6.04 Å². The molecule has 4 nitrogen and oxygen atoms in total. The van der Waals surface area contributed by atoms with E-state index in [0.29, 0.717) is 0 Å². The number of rotatable bonds is 4. The van der Waals surface area contributed by atoms with Crippen molar-refractivity contribution in [2.45, 2.75) is 19.9 Å². The largest absolute Gasteiger partial charge is 0.481 e. The molecular weight excluding hydrogens is 242 g/mol. The Hall–Kier alpha value is -1.81. The Labute approximate surface area is 112 Å². The Bertz CT molecular complexity index is 598. The summed E-state index contributed by atoms with van der Waals surface area (Å²) in [6.45, 7) is 3.48. The molecule has 0 amide bonds. The molecule has 0 bridgehead atoms. The summed E-state index contributed by atoms with van der Waals surface area (Å²) >= 11 is 0. The number of aliphatic carboxylic acids is 1. The summed E-state index contributed by atoms with van der Waals surface area (Å²) in [7, 11) is 3.77. The number of para-hydroxylation sites is 1. The molecule has 1 unspecified atom stereocenters. The lowest BCUT2D eigenvalue weighted by Gasteiger charge is -2.35. The molecule has 0 radical (unpaired) electrons. The first-order chi connectivity index (χ1) is 8.85. The summed E-state index contributed by atoms with van der Waals surface area (Å²) in [5.41, 5.74) is 0.786. The normalized spacial score (nSPS) is 13.9. The van der Waals surface area contributed by atoms with Gasteiger partial charge in [-0.05, 0) is 34.0 Å². The second-order valence-electron chi connectivity index (χ2n) is 5.58.